The molecule has 0 aromatic carbocycles. The van der Waals surface area contributed by atoms with Gasteiger partial charge in [-0.25, -0.2) is 0 Å². The van der Waals surface area contributed by atoms with Crippen molar-refractivity contribution in [1.29, 1.82) is 0 Å². The normalized spacial score (nSPS) is 16.0. The number of hydrogen-bond donors (Lipinski definition) is 4. The fourth-order valence-electron chi connectivity index (χ4n) is 0.243. The summed E-state index contributed by atoms with van der Waals surface area (Å²) >= 11 is 7.53. The summed E-state index contributed by atoms with van der Waals surface area (Å²) in [5.41, 5.74) is 0. The Balaban J connectivity index is 0. The zero-order chi connectivity index (χ0) is 6.57. The molecule has 0 saturated carbocycles. The van der Waals surface area contributed by atoms with Gasteiger partial charge in [0.15, 0.2) is 0 Å². The van der Waals surface area contributed by atoms with Gasteiger partial charge in [-0.15, -0.1) is 0 Å². The fourth-order valence-corrected chi connectivity index (χ4v) is 0.730. The first-order chi connectivity index (χ1) is 3.72. The van der Waals surface area contributed by atoms with Gasteiger partial charge in [0.2, 0.25) is 0 Å². The van der Waals surface area contributed by atoms with E-state index in [2.05, 4.69) is 25.3 Å². The van der Waals surface area contributed by atoms with E-state index >= 15 is 0 Å². The minimum atomic E-state index is -0.740. The molecule has 0 aliphatic rings. The summed E-state index contributed by atoms with van der Waals surface area (Å²) in [7, 11) is 0. The molecule has 5 heteroatoms. The van der Waals surface area contributed by atoms with Gasteiger partial charge in [-0.2, -0.15) is 25.3 Å². The van der Waals surface area contributed by atoms with Gasteiger partial charge >= 0.3 is 0 Å². The molecule has 0 aromatic rings. The molecule has 0 heterocycles. The molecule has 0 rings (SSSR count). The first kappa shape index (κ1) is 13.1. The molecule has 2 N–H and O–H groups in total. The Hall–Kier alpha value is 1.50. The van der Waals surface area contributed by atoms with Crippen molar-refractivity contribution >= 4 is 51.5 Å². The number of hydrogen-bond acceptors (Lipinski definition) is 4. The minimum Gasteiger partial charge on any atom is -0.390 e. The van der Waals surface area contributed by atoms with Crippen molar-refractivity contribution in [3.63, 3.8) is 0 Å². The zero-order valence-corrected chi connectivity index (χ0v) is 10.1. The second kappa shape index (κ2) is 7.61. The zero-order valence-electron chi connectivity index (χ0n) is 4.80. The van der Waals surface area contributed by atoms with Crippen LogP contribution in [0.5, 0.6) is 0 Å². The molecule has 0 aliphatic heterocycles. The van der Waals surface area contributed by atoms with Crippen LogP contribution in [0.2, 0.25) is 0 Å². The molecule has 0 bridgehead atoms. The Labute approximate surface area is 85.0 Å². The second-order valence-electron chi connectivity index (χ2n) is 1.50. The number of rotatable bonds is 3. The summed E-state index contributed by atoms with van der Waals surface area (Å²) in [5.74, 6) is 0.559. The molecule has 0 saturated heterocycles. The second-order valence-corrected chi connectivity index (χ2v) is 2.23. The van der Waals surface area contributed by atoms with Crippen LogP contribution in [0, 0.1) is 0 Å². The fraction of sp³-hybridized carbons (Fsp3) is 1.00. The third-order valence-electron chi connectivity index (χ3n) is 0.818. The molecule has 0 amide bonds. The maximum Gasteiger partial charge on any atom is 0.0894 e. The largest absolute Gasteiger partial charge is 0.390 e. The molecule has 0 spiro atoms. The van der Waals surface area contributed by atoms with Crippen LogP contribution >= 0.6 is 25.3 Å². The molecule has 55 valence electrons. The molecule has 2 atom stereocenters. The summed E-state index contributed by atoms with van der Waals surface area (Å²) < 4.78 is 0. The van der Waals surface area contributed by atoms with Crippen LogP contribution in [-0.2, 0) is 0 Å². The number of aliphatic hydroxyl groups excluding tert-OH is 2. The summed E-state index contributed by atoms with van der Waals surface area (Å²) in [6.07, 6.45) is -1.48. The van der Waals surface area contributed by atoms with Crippen LogP contribution in [0.1, 0.15) is 0 Å². The summed E-state index contributed by atoms with van der Waals surface area (Å²) in [6, 6.07) is 0. The molecule has 3 radical (unpaired) electrons. The van der Waals surface area contributed by atoms with Crippen LogP contribution in [0.25, 0.3) is 0 Å². The molecular formula is C4H10BiO2S2. The van der Waals surface area contributed by atoms with Gasteiger partial charge in [-0.3, -0.25) is 0 Å². The third kappa shape index (κ3) is 5.92. The van der Waals surface area contributed by atoms with Crippen molar-refractivity contribution < 1.29 is 10.2 Å². The smallest absolute Gasteiger partial charge is 0.0894 e. The summed E-state index contributed by atoms with van der Waals surface area (Å²) in [5, 5.41) is 17.5. The van der Waals surface area contributed by atoms with E-state index in [-0.39, 0.29) is 37.7 Å². The van der Waals surface area contributed by atoms with Crippen molar-refractivity contribution in [2.75, 3.05) is 11.5 Å². The average molecular weight is 363 g/mol. The van der Waals surface area contributed by atoms with E-state index in [0.717, 1.165) is 0 Å². The minimum absolute atomic E-state index is 0. The van der Waals surface area contributed by atoms with Crippen LogP contribution in [0.3, 0.4) is 0 Å². The Morgan fingerprint density at radius 3 is 1.33 bits per heavy atom. The number of aliphatic hydroxyl groups is 2. The van der Waals surface area contributed by atoms with E-state index in [1.165, 1.54) is 0 Å². The van der Waals surface area contributed by atoms with Crippen LogP contribution in [-0.4, -0.2) is 60.1 Å². The van der Waals surface area contributed by atoms with Gasteiger partial charge in [0.1, 0.15) is 0 Å². The van der Waals surface area contributed by atoms with E-state index in [1.54, 1.807) is 0 Å². The quantitative estimate of drug-likeness (QED) is 0.391. The van der Waals surface area contributed by atoms with Gasteiger partial charge in [-0.05, 0) is 0 Å². The first-order valence-corrected chi connectivity index (χ1v) is 3.56. The van der Waals surface area contributed by atoms with Crippen molar-refractivity contribution in [3.05, 3.63) is 0 Å². The average Bonchev–Trinajstić information content (AvgIpc) is 1.84. The third-order valence-corrected chi connectivity index (χ3v) is 1.57. The van der Waals surface area contributed by atoms with Crippen molar-refractivity contribution in [3.8, 4) is 0 Å². The maximum atomic E-state index is 8.75. The predicted molar refractivity (Wildman–Crippen MR) is 45.5 cm³/mol. The van der Waals surface area contributed by atoms with E-state index < -0.39 is 12.2 Å². The van der Waals surface area contributed by atoms with E-state index in [9.17, 15) is 0 Å². The summed E-state index contributed by atoms with van der Waals surface area (Å²) in [4.78, 5) is 0. The van der Waals surface area contributed by atoms with Gasteiger partial charge in [-0.1, -0.05) is 0 Å². The maximum absolute atomic E-state index is 8.75. The van der Waals surface area contributed by atoms with E-state index in [1.807, 2.05) is 0 Å². The van der Waals surface area contributed by atoms with Gasteiger partial charge in [0.25, 0.3) is 0 Å². The molecule has 0 unspecified atom stereocenters. The predicted octanol–water partition coefficient (Wildman–Crippen LogP) is -0.813. The number of thiol groups is 2. The van der Waals surface area contributed by atoms with Gasteiger partial charge in [0, 0.05) is 37.7 Å². The molecule has 0 aromatic heterocycles. The Morgan fingerprint density at radius 1 is 1.00 bits per heavy atom. The van der Waals surface area contributed by atoms with Crippen LogP contribution < -0.4 is 0 Å². The standard InChI is InChI=1S/C4H10O2S2.Bi/c5-3(1-7)4(6)2-8;/h3-8H,1-2H2;/t3-,4-;/m1./s1. The molecule has 2 nitrogen and oxygen atoms in total. The van der Waals surface area contributed by atoms with Gasteiger partial charge < -0.3 is 10.2 Å². The first-order valence-electron chi connectivity index (χ1n) is 2.30. The van der Waals surface area contributed by atoms with Crippen molar-refractivity contribution in [2.45, 2.75) is 12.2 Å². The van der Waals surface area contributed by atoms with Crippen LogP contribution in [0.15, 0.2) is 0 Å². The Kier molecular flexibility index (Phi) is 11.1. The SMILES string of the molecule is O[C@H](CS)[C@H](O)CS.[Bi]. The van der Waals surface area contributed by atoms with Gasteiger partial charge in [0.05, 0.1) is 12.2 Å². The van der Waals surface area contributed by atoms with Crippen molar-refractivity contribution in [2.24, 2.45) is 0 Å². The Morgan fingerprint density at radius 2 is 1.22 bits per heavy atom. The monoisotopic (exact) mass is 363 g/mol. The molecule has 0 aliphatic carbocycles. The molecule has 0 fully saturated rings. The summed E-state index contributed by atoms with van der Waals surface area (Å²) in [6.45, 7) is 0. The van der Waals surface area contributed by atoms with E-state index in [0.29, 0.717) is 0 Å². The molecular weight excluding hydrogens is 353 g/mol. The molecule has 9 heavy (non-hydrogen) atoms. The van der Waals surface area contributed by atoms with E-state index in [4.69, 9.17) is 10.2 Å². The van der Waals surface area contributed by atoms with Crippen molar-refractivity contribution in [1.82, 2.24) is 0 Å². The van der Waals surface area contributed by atoms with Crippen LogP contribution in [0.4, 0.5) is 0 Å². The topological polar surface area (TPSA) is 40.5 Å². The Bertz CT molecular complexity index is 56.5.